The fourth-order valence-electron chi connectivity index (χ4n) is 3.31. The minimum Gasteiger partial charge on any atom is -0.478 e. The SMILES string of the molecule is C[C@H](Cc1ccc(S(=O)(=O)c2cccc(C(=O)O)c2)cc1)NC[C@H](O)c1cccc(Cl)c1. The molecule has 3 aromatic carbocycles. The topological polar surface area (TPSA) is 104 Å². The molecule has 0 unspecified atom stereocenters. The maximum atomic E-state index is 12.8. The molecule has 0 bridgehead atoms. The van der Waals surface area contributed by atoms with Crippen LogP contribution >= 0.6 is 11.6 Å². The van der Waals surface area contributed by atoms with Crippen molar-refractivity contribution in [3.8, 4) is 0 Å². The molecular formula is C24H24ClNO5S. The number of hydrogen-bond donors (Lipinski definition) is 3. The van der Waals surface area contributed by atoms with Crippen LogP contribution in [0.15, 0.2) is 82.6 Å². The molecule has 3 aromatic rings. The summed E-state index contributed by atoms with van der Waals surface area (Å²) in [4.78, 5) is 11.2. The molecule has 8 heteroatoms. The Labute approximate surface area is 192 Å². The molecule has 0 heterocycles. The number of nitrogens with one attached hydrogen (secondary N) is 1. The average molecular weight is 474 g/mol. The quantitative estimate of drug-likeness (QED) is 0.432. The van der Waals surface area contributed by atoms with Gasteiger partial charge in [-0.3, -0.25) is 0 Å². The zero-order valence-electron chi connectivity index (χ0n) is 17.4. The summed E-state index contributed by atoms with van der Waals surface area (Å²) in [5, 5.41) is 23.3. The molecule has 0 saturated carbocycles. The van der Waals surface area contributed by atoms with Crippen LogP contribution in [0.1, 0.15) is 34.5 Å². The molecule has 0 aromatic heterocycles. The molecule has 0 amide bonds. The van der Waals surface area contributed by atoms with Crippen LogP contribution in [0.4, 0.5) is 0 Å². The standard InChI is InChI=1S/C24H24ClNO5S/c1-16(26-15-23(27)18-4-2-6-20(25)13-18)12-17-8-10-21(11-9-17)32(30,31)22-7-3-5-19(14-22)24(28)29/h2-11,13-14,16,23,26-27H,12,15H2,1H3,(H,28,29)/t16-,23+/m1/s1. The van der Waals surface area contributed by atoms with Crippen LogP contribution in [0.5, 0.6) is 0 Å². The van der Waals surface area contributed by atoms with Crippen molar-refractivity contribution >= 4 is 27.4 Å². The van der Waals surface area contributed by atoms with Crippen molar-refractivity contribution in [1.29, 1.82) is 0 Å². The Bertz CT molecular complexity index is 1200. The van der Waals surface area contributed by atoms with Crippen molar-refractivity contribution in [2.24, 2.45) is 0 Å². The Kier molecular flexibility index (Phi) is 7.69. The van der Waals surface area contributed by atoms with Crippen LogP contribution in [0, 0.1) is 0 Å². The Morgan fingerprint density at radius 3 is 2.34 bits per heavy atom. The molecule has 0 fully saturated rings. The van der Waals surface area contributed by atoms with Gasteiger partial charge in [-0.15, -0.1) is 0 Å². The van der Waals surface area contributed by atoms with Gasteiger partial charge in [0.05, 0.1) is 21.5 Å². The van der Waals surface area contributed by atoms with Gasteiger partial charge in [0.25, 0.3) is 0 Å². The number of carboxylic acids is 1. The van der Waals surface area contributed by atoms with Gasteiger partial charge in [-0.05, 0) is 66.9 Å². The van der Waals surface area contributed by atoms with E-state index in [1.165, 1.54) is 30.3 Å². The van der Waals surface area contributed by atoms with Crippen molar-refractivity contribution in [1.82, 2.24) is 5.32 Å². The smallest absolute Gasteiger partial charge is 0.335 e. The van der Waals surface area contributed by atoms with Crippen LogP contribution in [-0.2, 0) is 16.3 Å². The molecule has 3 N–H and O–H groups in total. The zero-order chi connectivity index (χ0) is 23.3. The number of aromatic carboxylic acids is 1. The van der Waals surface area contributed by atoms with E-state index in [2.05, 4.69) is 5.32 Å². The average Bonchev–Trinajstić information content (AvgIpc) is 2.78. The van der Waals surface area contributed by atoms with E-state index >= 15 is 0 Å². The number of benzene rings is 3. The third-order valence-corrected chi connectivity index (χ3v) is 7.06. The second kappa shape index (κ2) is 10.3. The van der Waals surface area contributed by atoms with Crippen molar-refractivity contribution in [2.75, 3.05) is 6.54 Å². The highest BCUT2D eigenvalue weighted by molar-refractivity contribution is 7.91. The lowest BCUT2D eigenvalue weighted by molar-refractivity contribution is 0.0696. The van der Waals surface area contributed by atoms with Gasteiger partial charge in [0.2, 0.25) is 9.84 Å². The normalized spacial score (nSPS) is 13.5. The number of halogens is 1. The van der Waals surface area contributed by atoms with Crippen molar-refractivity contribution in [3.63, 3.8) is 0 Å². The fourth-order valence-corrected chi connectivity index (χ4v) is 4.81. The summed E-state index contributed by atoms with van der Waals surface area (Å²) in [6.45, 7) is 2.33. The molecular weight excluding hydrogens is 450 g/mol. The number of aliphatic hydroxyl groups is 1. The van der Waals surface area contributed by atoms with Crippen LogP contribution in [-0.4, -0.2) is 37.2 Å². The van der Waals surface area contributed by atoms with Crippen LogP contribution < -0.4 is 5.32 Å². The van der Waals surface area contributed by atoms with Crippen LogP contribution in [0.3, 0.4) is 0 Å². The molecule has 0 aliphatic rings. The van der Waals surface area contributed by atoms with Gasteiger partial charge in [0.15, 0.2) is 0 Å². The first-order valence-electron chi connectivity index (χ1n) is 10.0. The van der Waals surface area contributed by atoms with E-state index in [1.807, 2.05) is 13.0 Å². The van der Waals surface area contributed by atoms with E-state index in [-0.39, 0.29) is 21.4 Å². The predicted molar refractivity (Wildman–Crippen MR) is 123 cm³/mol. The maximum Gasteiger partial charge on any atom is 0.335 e. The first kappa shape index (κ1) is 23.9. The molecule has 0 aliphatic heterocycles. The highest BCUT2D eigenvalue weighted by atomic mass is 35.5. The van der Waals surface area contributed by atoms with Crippen LogP contribution in [0.25, 0.3) is 0 Å². The Morgan fingerprint density at radius 1 is 1.00 bits per heavy atom. The zero-order valence-corrected chi connectivity index (χ0v) is 19.0. The highest BCUT2D eigenvalue weighted by Crippen LogP contribution is 2.23. The van der Waals surface area contributed by atoms with Gasteiger partial charge >= 0.3 is 5.97 Å². The van der Waals surface area contributed by atoms with Gasteiger partial charge in [-0.2, -0.15) is 0 Å². The van der Waals surface area contributed by atoms with Crippen molar-refractivity contribution < 1.29 is 23.4 Å². The second-order valence-corrected chi connectivity index (χ2v) is 9.95. The van der Waals surface area contributed by atoms with Gasteiger partial charge in [0, 0.05) is 17.6 Å². The molecule has 3 rings (SSSR count). The first-order chi connectivity index (χ1) is 15.2. The lowest BCUT2D eigenvalue weighted by Gasteiger charge is -2.18. The van der Waals surface area contributed by atoms with Gasteiger partial charge in [-0.1, -0.05) is 41.9 Å². The van der Waals surface area contributed by atoms with E-state index < -0.39 is 21.9 Å². The van der Waals surface area contributed by atoms with E-state index in [0.717, 1.165) is 17.2 Å². The highest BCUT2D eigenvalue weighted by Gasteiger charge is 2.19. The molecule has 32 heavy (non-hydrogen) atoms. The van der Waals surface area contributed by atoms with E-state index in [1.54, 1.807) is 30.3 Å². The van der Waals surface area contributed by atoms with Gasteiger partial charge in [0.1, 0.15) is 0 Å². The molecule has 0 radical (unpaired) electrons. The minimum atomic E-state index is -3.82. The number of sulfone groups is 1. The van der Waals surface area contributed by atoms with Gasteiger partial charge < -0.3 is 15.5 Å². The third-order valence-electron chi connectivity index (χ3n) is 5.06. The lowest BCUT2D eigenvalue weighted by Crippen LogP contribution is -2.32. The molecule has 168 valence electrons. The molecule has 0 spiro atoms. The lowest BCUT2D eigenvalue weighted by atomic mass is 10.1. The number of carbonyl (C=O) groups is 1. The summed E-state index contributed by atoms with van der Waals surface area (Å²) >= 11 is 5.96. The largest absolute Gasteiger partial charge is 0.478 e. The summed E-state index contributed by atoms with van der Waals surface area (Å²) < 4.78 is 25.7. The molecule has 0 saturated heterocycles. The summed E-state index contributed by atoms with van der Waals surface area (Å²) in [6.07, 6.45) is -0.0536. The molecule has 2 atom stereocenters. The fraction of sp³-hybridized carbons (Fsp3) is 0.208. The summed E-state index contributed by atoms with van der Waals surface area (Å²) in [5.74, 6) is -1.18. The first-order valence-corrected chi connectivity index (χ1v) is 11.9. The van der Waals surface area contributed by atoms with E-state index in [4.69, 9.17) is 16.7 Å². The second-order valence-electron chi connectivity index (χ2n) is 7.56. The monoisotopic (exact) mass is 473 g/mol. The van der Waals surface area contributed by atoms with Gasteiger partial charge in [-0.25, -0.2) is 13.2 Å². The maximum absolute atomic E-state index is 12.8. The minimum absolute atomic E-state index is 0.0403. The number of aliphatic hydroxyl groups excluding tert-OH is 1. The number of carboxylic acid groups (broad SMARTS) is 1. The van der Waals surface area contributed by atoms with E-state index in [0.29, 0.717) is 18.0 Å². The summed E-state index contributed by atoms with van der Waals surface area (Å²) in [7, 11) is -3.82. The third kappa shape index (κ3) is 5.95. The molecule has 6 nitrogen and oxygen atoms in total. The van der Waals surface area contributed by atoms with E-state index in [9.17, 15) is 18.3 Å². The van der Waals surface area contributed by atoms with Crippen molar-refractivity contribution in [3.05, 3.63) is 94.5 Å². The Balaban J connectivity index is 1.62. The van der Waals surface area contributed by atoms with Crippen LogP contribution in [0.2, 0.25) is 5.02 Å². The summed E-state index contributed by atoms with van der Waals surface area (Å²) in [5.41, 5.74) is 1.58. The Hall–Kier alpha value is -2.71. The predicted octanol–water partition coefficient (Wildman–Crippen LogP) is 4.13. The summed E-state index contributed by atoms with van der Waals surface area (Å²) in [6, 6.07) is 18.9. The molecule has 0 aliphatic carbocycles. The number of rotatable bonds is 9. The van der Waals surface area contributed by atoms with Crippen molar-refractivity contribution in [2.45, 2.75) is 35.3 Å². The Morgan fingerprint density at radius 2 is 1.69 bits per heavy atom. The number of hydrogen-bond acceptors (Lipinski definition) is 5.